The molecule has 2 aromatic carbocycles. The second kappa shape index (κ2) is 8.67. The molecule has 1 aliphatic rings. The molecule has 7 nitrogen and oxygen atoms in total. The Morgan fingerprint density at radius 3 is 2.70 bits per heavy atom. The normalized spacial score (nSPS) is 13.8. The zero-order valence-electron chi connectivity index (χ0n) is 17.3. The molecule has 30 heavy (non-hydrogen) atoms. The van der Waals surface area contributed by atoms with Gasteiger partial charge in [0.05, 0.1) is 24.7 Å². The first-order valence-corrected chi connectivity index (χ1v) is 9.94. The van der Waals surface area contributed by atoms with Gasteiger partial charge in [0, 0.05) is 12.1 Å². The molecule has 1 atom stereocenters. The van der Waals surface area contributed by atoms with Gasteiger partial charge < -0.3 is 28.6 Å². The molecule has 3 aromatic rings. The van der Waals surface area contributed by atoms with Crippen LogP contribution in [-0.4, -0.2) is 47.7 Å². The number of aliphatic hydroxyl groups is 1. The number of rotatable bonds is 8. The number of aliphatic hydroxyl groups excluding tert-OH is 1. The third-order valence-corrected chi connectivity index (χ3v) is 5.04. The number of aromatic nitrogens is 2. The minimum absolute atomic E-state index is 0.126. The van der Waals surface area contributed by atoms with Gasteiger partial charge in [-0.05, 0) is 31.0 Å². The van der Waals surface area contributed by atoms with Crippen molar-refractivity contribution in [3.05, 3.63) is 54.4 Å². The minimum atomic E-state index is -0.730. The lowest BCUT2D eigenvalue weighted by Crippen LogP contribution is -2.24. The molecule has 0 bridgehead atoms. The molecule has 1 aromatic heterocycles. The van der Waals surface area contributed by atoms with Gasteiger partial charge in [-0.3, -0.25) is 0 Å². The van der Waals surface area contributed by atoms with E-state index >= 15 is 0 Å². The summed E-state index contributed by atoms with van der Waals surface area (Å²) in [6, 6.07) is 9.53. The van der Waals surface area contributed by atoms with Crippen molar-refractivity contribution < 1.29 is 24.1 Å². The Labute approximate surface area is 175 Å². The maximum Gasteiger partial charge on any atom is 0.163 e. The first-order valence-electron chi connectivity index (χ1n) is 9.94. The maximum atomic E-state index is 10.6. The zero-order valence-corrected chi connectivity index (χ0v) is 17.3. The average molecular weight is 410 g/mol. The lowest BCUT2D eigenvalue weighted by molar-refractivity contribution is 0.0914. The summed E-state index contributed by atoms with van der Waals surface area (Å²) in [7, 11) is 1.60. The molecule has 0 unspecified atom stereocenters. The van der Waals surface area contributed by atoms with E-state index in [0.29, 0.717) is 42.8 Å². The summed E-state index contributed by atoms with van der Waals surface area (Å²) in [5, 5.41) is 10.6. The molecule has 1 aliphatic heterocycles. The van der Waals surface area contributed by atoms with Gasteiger partial charge in [-0.15, -0.1) is 6.58 Å². The number of ether oxygens (including phenoxy) is 4. The quantitative estimate of drug-likeness (QED) is 0.575. The number of benzene rings is 2. The van der Waals surface area contributed by atoms with Crippen LogP contribution in [0.25, 0.3) is 11.0 Å². The van der Waals surface area contributed by atoms with Gasteiger partial charge in [0.2, 0.25) is 0 Å². The Hall–Kier alpha value is -3.19. The van der Waals surface area contributed by atoms with Crippen molar-refractivity contribution in [1.82, 2.24) is 9.55 Å². The topological polar surface area (TPSA) is 75.0 Å². The van der Waals surface area contributed by atoms with E-state index < -0.39 is 6.10 Å². The van der Waals surface area contributed by atoms with Crippen molar-refractivity contribution in [2.24, 2.45) is 0 Å². The summed E-state index contributed by atoms with van der Waals surface area (Å²) in [6.45, 7) is 7.20. The van der Waals surface area contributed by atoms with Crippen molar-refractivity contribution in [2.45, 2.75) is 26.0 Å². The number of allylic oxidation sites excluding steroid dienone is 1. The van der Waals surface area contributed by atoms with Gasteiger partial charge in [0.1, 0.15) is 31.7 Å². The average Bonchev–Trinajstić information content (AvgIpc) is 3.05. The molecule has 0 spiro atoms. The number of fused-ring (bicyclic) bond motifs is 2. The van der Waals surface area contributed by atoms with Gasteiger partial charge >= 0.3 is 0 Å². The smallest absolute Gasteiger partial charge is 0.163 e. The van der Waals surface area contributed by atoms with E-state index in [0.717, 1.165) is 28.8 Å². The maximum absolute atomic E-state index is 10.6. The second-order valence-electron chi connectivity index (χ2n) is 7.20. The summed E-state index contributed by atoms with van der Waals surface area (Å²) in [4.78, 5) is 4.59. The molecule has 2 heterocycles. The fourth-order valence-electron chi connectivity index (χ4n) is 3.59. The van der Waals surface area contributed by atoms with Crippen LogP contribution in [0.3, 0.4) is 0 Å². The number of imidazole rings is 1. The second-order valence-corrected chi connectivity index (χ2v) is 7.20. The molecule has 0 saturated heterocycles. The van der Waals surface area contributed by atoms with Crippen LogP contribution >= 0.6 is 0 Å². The number of methoxy groups -OCH3 is 1. The van der Waals surface area contributed by atoms with Crippen LogP contribution in [0.5, 0.6) is 23.0 Å². The minimum Gasteiger partial charge on any atom is -0.493 e. The Kier molecular flexibility index (Phi) is 5.81. The van der Waals surface area contributed by atoms with Crippen molar-refractivity contribution in [1.29, 1.82) is 0 Å². The lowest BCUT2D eigenvalue weighted by Gasteiger charge is -2.19. The van der Waals surface area contributed by atoms with Crippen LogP contribution < -0.4 is 18.9 Å². The standard InChI is InChI=1S/C23H26N2O5/c1-4-5-16-6-7-20(21(10-16)27-3)30-14-17(26)13-25-15(2)24-18-11-22-23(12-19(18)25)29-9-8-28-22/h4,6-7,10-12,17,26H,1,5,8-9,13-14H2,2-3H3/t17-/m1/s1. The van der Waals surface area contributed by atoms with Crippen LogP contribution in [0.4, 0.5) is 0 Å². The largest absolute Gasteiger partial charge is 0.493 e. The molecule has 7 heteroatoms. The predicted molar refractivity (Wildman–Crippen MR) is 114 cm³/mol. The van der Waals surface area contributed by atoms with E-state index in [9.17, 15) is 5.11 Å². The first-order chi connectivity index (χ1) is 14.6. The van der Waals surface area contributed by atoms with Crippen molar-refractivity contribution >= 4 is 11.0 Å². The molecule has 1 N–H and O–H groups in total. The molecule has 0 fully saturated rings. The van der Waals surface area contributed by atoms with Gasteiger partial charge in [-0.2, -0.15) is 0 Å². The summed E-state index contributed by atoms with van der Waals surface area (Å²) in [5.74, 6) is 3.43. The Balaban J connectivity index is 1.48. The molecular weight excluding hydrogens is 384 g/mol. The first kappa shape index (κ1) is 20.1. The van der Waals surface area contributed by atoms with Crippen LogP contribution in [0.15, 0.2) is 43.0 Å². The molecule has 0 amide bonds. The zero-order chi connectivity index (χ0) is 21.1. The molecular formula is C23H26N2O5. The highest BCUT2D eigenvalue weighted by Gasteiger charge is 2.19. The van der Waals surface area contributed by atoms with Gasteiger partial charge in [-0.1, -0.05) is 12.1 Å². The fourth-order valence-corrected chi connectivity index (χ4v) is 3.59. The monoisotopic (exact) mass is 410 g/mol. The predicted octanol–water partition coefficient (Wildman–Crippen LogP) is 3.29. The van der Waals surface area contributed by atoms with Gasteiger partial charge in [-0.25, -0.2) is 4.98 Å². The van der Waals surface area contributed by atoms with Gasteiger partial charge in [0.25, 0.3) is 0 Å². The molecule has 0 aliphatic carbocycles. The highest BCUT2D eigenvalue weighted by atomic mass is 16.6. The number of nitrogens with zero attached hydrogens (tertiary/aromatic N) is 2. The van der Waals surface area contributed by atoms with E-state index in [4.69, 9.17) is 18.9 Å². The molecule has 158 valence electrons. The van der Waals surface area contributed by atoms with Crippen molar-refractivity contribution in [3.8, 4) is 23.0 Å². The highest BCUT2D eigenvalue weighted by Crippen LogP contribution is 2.35. The SMILES string of the molecule is C=CCc1ccc(OC[C@H](O)Cn2c(C)nc3cc4c(cc32)OCCO4)c(OC)c1. The van der Waals surface area contributed by atoms with Crippen molar-refractivity contribution in [3.63, 3.8) is 0 Å². The van der Waals surface area contributed by atoms with Crippen molar-refractivity contribution in [2.75, 3.05) is 26.9 Å². The Morgan fingerprint density at radius 2 is 1.97 bits per heavy atom. The molecule has 0 saturated carbocycles. The number of hydrogen-bond acceptors (Lipinski definition) is 6. The summed E-state index contributed by atoms with van der Waals surface area (Å²) in [6.07, 6.45) is 1.86. The molecule has 4 rings (SSSR count). The van der Waals surface area contributed by atoms with E-state index in [2.05, 4.69) is 11.6 Å². The lowest BCUT2D eigenvalue weighted by atomic mass is 10.1. The third-order valence-electron chi connectivity index (χ3n) is 5.04. The summed E-state index contributed by atoms with van der Waals surface area (Å²) in [5.41, 5.74) is 2.79. The Bertz CT molecular complexity index is 1060. The van der Waals surface area contributed by atoms with E-state index in [1.165, 1.54) is 0 Å². The summed E-state index contributed by atoms with van der Waals surface area (Å²) < 4.78 is 24.5. The fraction of sp³-hybridized carbons (Fsp3) is 0.348. The third kappa shape index (κ3) is 4.07. The Morgan fingerprint density at radius 1 is 1.20 bits per heavy atom. The van der Waals surface area contributed by atoms with E-state index in [1.807, 2.05) is 47.9 Å². The highest BCUT2D eigenvalue weighted by molar-refractivity contribution is 5.80. The van der Waals surface area contributed by atoms with Crippen LogP contribution in [-0.2, 0) is 13.0 Å². The molecule has 0 radical (unpaired) electrons. The van der Waals surface area contributed by atoms with Crippen LogP contribution in [0, 0.1) is 6.92 Å². The van der Waals surface area contributed by atoms with Gasteiger partial charge in [0.15, 0.2) is 23.0 Å². The number of aryl methyl sites for hydroxylation is 1. The summed E-state index contributed by atoms with van der Waals surface area (Å²) >= 11 is 0. The van der Waals surface area contributed by atoms with E-state index in [1.54, 1.807) is 7.11 Å². The van der Waals surface area contributed by atoms with Crippen LogP contribution in [0.1, 0.15) is 11.4 Å². The van der Waals surface area contributed by atoms with Crippen LogP contribution in [0.2, 0.25) is 0 Å². The van der Waals surface area contributed by atoms with E-state index in [-0.39, 0.29) is 6.61 Å². The number of hydrogen-bond donors (Lipinski definition) is 1.